The van der Waals surface area contributed by atoms with Crippen molar-refractivity contribution in [3.8, 4) is 0 Å². The van der Waals surface area contributed by atoms with E-state index in [1.165, 1.54) is 6.42 Å². The van der Waals surface area contributed by atoms with Gasteiger partial charge in [-0.2, -0.15) is 13.2 Å². The Morgan fingerprint density at radius 2 is 2.25 bits per heavy atom. The summed E-state index contributed by atoms with van der Waals surface area (Å²) in [6.45, 7) is 4.61. The molecule has 0 aromatic carbocycles. The van der Waals surface area contributed by atoms with E-state index in [9.17, 15) is 13.2 Å². The predicted molar refractivity (Wildman–Crippen MR) is 97.4 cm³/mol. The van der Waals surface area contributed by atoms with Crippen molar-refractivity contribution >= 4 is 35.9 Å². The lowest BCUT2D eigenvalue weighted by molar-refractivity contribution is -0.141. The standard InChI is InChI=1S/C14H21F3N6.HI/c1-10-3-2-8-23(9-10)12(18)19-6-7-21-13-20-5-4-11(22-13)14(15,16)17;/h4-5,10H,2-3,6-9H2,1H3,(H2,18,19)(H,20,21,22);1H. The summed E-state index contributed by atoms with van der Waals surface area (Å²) in [5.74, 6) is 0.998. The molecular weight excluding hydrogens is 436 g/mol. The summed E-state index contributed by atoms with van der Waals surface area (Å²) < 4.78 is 37.6. The highest BCUT2D eigenvalue weighted by atomic mass is 127. The first-order valence-corrected chi connectivity index (χ1v) is 7.55. The van der Waals surface area contributed by atoms with Gasteiger partial charge in [0.2, 0.25) is 5.95 Å². The van der Waals surface area contributed by atoms with Gasteiger partial charge in [-0.15, -0.1) is 24.0 Å². The summed E-state index contributed by atoms with van der Waals surface area (Å²) in [6, 6.07) is 0.832. The number of anilines is 1. The van der Waals surface area contributed by atoms with Crippen LogP contribution in [-0.4, -0.2) is 47.0 Å². The minimum atomic E-state index is -4.48. The number of hydrogen-bond acceptors (Lipinski definition) is 4. The number of guanidine groups is 1. The van der Waals surface area contributed by atoms with Crippen molar-refractivity contribution in [2.75, 3.05) is 31.5 Å². The predicted octanol–water partition coefficient (Wildman–Crippen LogP) is 2.57. The van der Waals surface area contributed by atoms with Gasteiger partial charge in [0.1, 0.15) is 5.69 Å². The Morgan fingerprint density at radius 1 is 1.50 bits per heavy atom. The Labute approximate surface area is 156 Å². The van der Waals surface area contributed by atoms with E-state index in [1.54, 1.807) is 0 Å². The number of hydrogen-bond donors (Lipinski definition) is 2. The van der Waals surface area contributed by atoms with Crippen molar-refractivity contribution in [2.45, 2.75) is 25.9 Å². The first-order chi connectivity index (χ1) is 10.9. The van der Waals surface area contributed by atoms with Gasteiger partial charge in [-0.3, -0.25) is 4.99 Å². The molecule has 136 valence electrons. The molecule has 1 atom stereocenters. The van der Waals surface area contributed by atoms with Crippen LogP contribution in [0.25, 0.3) is 0 Å². The minimum absolute atomic E-state index is 0. The fourth-order valence-electron chi connectivity index (χ4n) is 2.44. The molecule has 0 saturated carbocycles. The second-order valence-corrected chi connectivity index (χ2v) is 5.62. The number of likely N-dealkylation sites (tertiary alicyclic amines) is 1. The number of nitrogens with two attached hydrogens (primary N) is 1. The number of alkyl halides is 3. The summed E-state index contributed by atoms with van der Waals surface area (Å²) >= 11 is 0. The molecule has 0 amide bonds. The molecule has 2 rings (SSSR count). The summed E-state index contributed by atoms with van der Waals surface area (Å²) in [6.07, 6.45) is -1.12. The number of halogens is 4. The van der Waals surface area contributed by atoms with E-state index in [0.29, 0.717) is 25.0 Å². The second-order valence-electron chi connectivity index (χ2n) is 5.62. The molecule has 10 heteroatoms. The van der Waals surface area contributed by atoms with E-state index in [4.69, 9.17) is 5.73 Å². The molecule has 0 bridgehead atoms. The SMILES string of the molecule is CC1CCCN(C(N)=NCCNc2nccc(C(F)(F)F)n2)C1.I. The van der Waals surface area contributed by atoms with Gasteiger partial charge in [0.05, 0.1) is 6.54 Å². The highest BCUT2D eigenvalue weighted by molar-refractivity contribution is 14.0. The molecule has 0 spiro atoms. The number of nitrogens with one attached hydrogen (secondary N) is 1. The van der Waals surface area contributed by atoms with Crippen LogP contribution in [0.1, 0.15) is 25.5 Å². The topological polar surface area (TPSA) is 79.4 Å². The largest absolute Gasteiger partial charge is 0.433 e. The lowest BCUT2D eigenvalue weighted by Gasteiger charge is -2.31. The fraction of sp³-hybridized carbons (Fsp3) is 0.643. The fourth-order valence-corrected chi connectivity index (χ4v) is 2.44. The minimum Gasteiger partial charge on any atom is -0.370 e. The van der Waals surface area contributed by atoms with E-state index in [2.05, 4.69) is 27.2 Å². The van der Waals surface area contributed by atoms with Crippen molar-refractivity contribution in [2.24, 2.45) is 16.6 Å². The number of aromatic nitrogens is 2. The van der Waals surface area contributed by atoms with Crippen LogP contribution in [0.2, 0.25) is 0 Å². The van der Waals surface area contributed by atoms with Gasteiger partial charge in [0, 0.05) is 25.8 Å². The third kappa shape index (κ3) is 6.29. The Balaban J connectivity index is 0.00000288. The van der Waals surface area contributed by atoms with Crippen LogP contribution in [0.3, 0.4) is 0 Å². The van der Waals surface area contributed by atoms with Crippen LogP contribution in [0.5, 0.6) is 0 Å². The van der Waals surface area contributed by atoms with Crippen LogP contribution < -0.4 is 11.1 Å². The third-order valence-electron chi connectivity index (χ3n) is 3.60. The highest BCUT2D eigenvalue weighted by Gasteiger charge is 2.32. The zero-order valence-electron chi connectivity index (χ0n) is 13.4. The quantitative estimate of drug-likeness (QED) is 0.314. The molecule has 0 radical (unpaired) electrons. The van der Waals surface area contributed by atoms with Crippen molar-refractivity contribution in [1.29, 1.82) is 0 Å². The summed E-state index contributed by atoms with van der Waals surface area (Å²) in [5, 5.41) is 2.72. The average molecular weight is 458 g/mol. The van der Waals surface area contributed by atoms with Crippen LogP contribution in [0, 0.1) is 5.92 Å². The molecule has 3 N–H and O–H groups in total. The monoisotopic (exact) mass is 458 g/mol. The summed E-state index contributed by atoms with van der Waals surface area (Å²) in [5.41, 5.74) is 4.97. The smallest absolute Gasteiger partial charge is 0.370 e. The van der Waals surface area contributed by atoms with E-state index in [0.717, 1.165) is 31.8 Å². The number of piperidine rings is 1. The van der Waals surface area contributed by atoms with E-state index in [-0.39, 0.29) is 29.9 Å². The average Bonchev–Trinajstić information content (AvgIpc) is 2.51. The van der Waals surface area contributed by atoms with Gasteiger partial charge in [-0.25, -0.2) is 9.97 Å². The number of aliphatic imine (C=N–C) groups is 1. The van der Waals surface area contributed by atoms with Crippen molar-refractivity contribution in [1.82, 2.24) is 14.9 Å². The molecule has 24 heavy (non-hydrogen) atoms. The third-order valence-corrected chi connectivity index (χ3v) is 3.60. The maximum atomic E-state index is 12.5. The van der Waals surface area contributed by atoms with Crippen molar-refractivity contribution in [3.63, 3.8) is 0 Å². The molecule has 1 aromatic heterocycles. The zero-order chi connectivity index (χ0) is 16.9. The Hall–Kier alpha value is -1.33. The number of nitrogens with zero attached hydrogens (tertiary/aromatic N) is 4. The van der Waals surface area contributed by atoms with Crippen LogP contribution in [0.4, 0.5) is 19.1 Å². The molecule has 1 saturated heterocycles. The molecule has 1 unspecified atom stereocenters. The lowest BCUT2D eigenvalue weighted by atomic mass is 10.0. The Kier molecular flexibility index (Phi) is 7.97. The lowest BCUT2D eigenvalue weighted by Crippen LogP contribution is -2.43. The van der Waals surface area contributed by atoms with E-state index >= 15 is 0 Å². The van der Waals surface area contributed by atoms with Gasteiger partial charge in [0.25, 0.3) is 0 Å². The first-order valence-electron chi connectivity index (χ1n) is 7.55. The maximum Gasteiger partial charge on any atom is 0.433 e. The summed E-state index contributed by atoms with van der Waals surface area (Å²) in [7, 11) is 0. The Bertz CT molecular complexity index is 552. The maximum absolute atomic E-state index is 12.5. The van der Waals surface area contributed by atoms with Crippen LogP contribution in [0.15, 0.2) is 17.3 Å². The zero-order valence-corrected chi connectivity index (χ0v) is 15.7. The molecule has 6 nitrogen and oxygen atoms in total. The molecule has 1 aliphatic rings. The number of rotatable bonds is 4. The van der Waals surface area contributed by atoms with Crippen LogP contribution in [-0.2, 0) is 6.18 Å². The Morgan fingerprint density at radius 3 is 2.92 bits per heavy atom. The molecule has 0 aliphatic carbocycles. The van der Waals surface area contributed by atoms with Gasteiger partial charge < -0.3 is 16.0 Å². The van der Waals surface area contributed by atoms with Gasteiger partial charge in [-0.1, -0.05) is 6.92 Å². The summed E-state index contributed by atoms with van der Waals surface area (Å²) in [4.78, 5) is 13.5. The normalized spacial score (nSPS) is 18.9. The van der Waals surface area contributed by atoms with Gasteiger partial charge in [-0.05, 0) is 24.8 Å². The van der Waals surface area contributed by atoms with Crippen molar-refractivity contribution in [3.05, 3.63) is 18.0 Å². The van der Waals surface area contributed by atoms with E-state index < -0.39 is 11.9 Å². The molecular formula is C14H22F3IN6. The van der Waals surface area contributed by atoms with Gasteiger partial charge >= 0.3 is 6.18 Å². The van der Waals surface area contributed by atoms with Gasteiger partial charge in [0.15, 0.2) is 5.96 Å². The molecule has 1 fully saturated rings. The highest BCUT2D eigenvalue weighted by Crippen LogP contribution is 2.27. The molecule has 2 heterocycles. The first kappa shape index (κ1) is 20.7. The molecule has 1 aromatic rings. The van der Waals surface area contributed by atoms with Crippen LogP contribution >= 0.6 is 24.0 Å². The molecule has 1 aliphatic heterocycles. The van der Waals surface area contributed by atoms with Crippen molar-refractivity contribution < 1.29 is 13.2 Å². The van der Waals surface area contributed by atoms with E-state index in [1.807, 2.05) is 4.90 Å². The second kappa shape index (κ2) is 9.23.